The number of aromatic nitrogens is 4. The molecule has 0 spiro atoms. The fraction of sp³-hybridized carbons (Fsp3) is 0.316. The van der Waals surface area contributed by atoms with Crippen LogP contribution in [-0.4, -0.2) is 31.0 Å². The van der Waals surface area contributed by atoms with Gasteiger partial charge in [-0.3, -0.25) is 9.69 Å². The monoisotopic (exact) mass is 369 g/mol. The van der Waals surface area contributed by atoms with Crippen LogP contribution in [0.1, 0.15) is 22.8 Å². The van der Waals surface area contributed by atoms with Crippen molar-refractivity contribution in [1.82, 2.24) is 24.4 Å². The van der Waals surface area contributed by atoms with Gasteiger partial charge >= 0.3 is 0 Å². The van der Waals surface area contributed by atoms with E-state index in [0.29, 0.717) is 17.4 Å². The number of aryl methyl sites for hydroxylation is 1. The van der Waals surface area contributed by atoms with Gasteiger partial charge < -0.3 is 9.55 Å². The Bertz CT molecular complexity index is 1010. The van der Waals surface area contributed by atoms with Crippen LogP contribution in [0, 0.1) is 6.92 Å². The SMILES string of the molecule is Cc1ncc(CN2CCc3nc(-c4ccc(Cl)cc4)[nH]c(=O)c3C2)n1C. The highest BCUT2D eigenvalue weighted by atomic mass is 35.5. The Hall–Kier alpha value is -2.44. The Morgan fingerprint density at radius 3 is 2.73 bits per heavy atom. The van der Waals surface area contributed by atoms with Crippen LogP contribution in [0.4, 0.5) is 0 Å². The van der Waals surface area contributed by atoms with Crippen LogP contribution in [0.15, 0.2) is 35.3 Å². The van der Waals surface area contributed by atoms with Gasteiger partial charge in [0, 0.05) is 49.9 Å². The van der Waals surface area contributed by atoms with Gasteiger partial charge in [0.05, 0.1) is 17.0 Å². The number of rotatable bonds is 3. The molecule has 3 aromatic rings. The second-order valence-corrected chi connectivity index (χ2v) is 7.10. The third-order valence-corrected chi connectivity index (χ3v) is 5.22. The number of halogens is 1. The third-order valence-electron chi connectivity index (χ3n) is 4.97. The molecule has 4 rings (SSSR count). The van der Waals surface area contributed by atoms with Gasteiger partial charge in [0.1, 0.15) is 11.6 Å². The lowest BCUT2D eigenvalue weighted by Gasteiger charge is -2.27. The Morgan fingerprint density at radius 2 is 2.04 bits per heavy atom. The molecule has 6 nitrogen and oxygen atoms in total. The van der Waals surface area contributed by atoms with Crippen molar-refractivity contribution in [1.29, 1.82) is 0 Å². The summed E-state index contributed by atoms with van der Waals surface area (Å²) in [5.74, 6) is 1.59. The molecule has 1 N–H and O–H groups in total. The first-order valence-corrected chi connectivity index (χ1v) is 8.96. The fourth-order valence-electron chi connectivity index (χ4n) is 3.29. The number of hydrogen-bond acceptors (Lipinski definition) is 4. The lowest BCUT2D eigenvalue weighted by molar-refractivity contribution is 0.236. The maximum atomic E-state index is 12.6. The number of aromatic amines is 1. The van der Waals surface area contributed by atoms with Crippen molar-refractivity contribution in [3.05, 3.63) is 68.6 Å². The zero-order valence-electron chi connectivity index (χ0n) is 14.8. The first kappa shape index (κ1) is 17.0. The summed E-state index contributed by atoms with van der Waals surface area (Å²) in [5.41, 5.74) is 3.59. The molecule has 134 valence electrons. The minimum Gasteiger partial charge on any atom is -0.334 e. The fourth-order valence-corrected chi connectivity index (χ4v) is 3.41. The molecule has 0 bridgehead atoms. The average Bonchev–Trinajstić information content (AvgIpc) is 2.95. The predicted molar refractivity (Wildman–Crippen MR) is 101 cm³/mol. The van der Waals surface area contributed by atoms with Gasteiger partial charge in [-0.1, -0.05) is 11.6 Å². The molecule has 3 heterocycles. The van der Waals surface area contributed by atoms with E-state index in [2.05, 4.69) is 19.4 Å². The molecular formula is C19H20ClN5O. The molecule has 1 aromatic carbocycles. The average molecular weight is 370 g/mol. The molecule has 7 heteroatoms. The van der Waals surface area contributed by atoms with Crippen LogP contribution in [-0.2, 0) is 26.6 Å². The lowest BCUT2D eigenvalue weighted by atomic mass is 10.1. The Labute approximate surface area is 156 Å². The molecule has 0 saturated carbocycles. The zero-order valence-corrected chi connectivity index (χ0v) is 15.5. The Morgan fingerprint density at radius 1 is 1.27 bits per heavy atom. The largest absolute Gasteiger partial charge is 0.334 e. The summed E-state index contributed by atoms with van der Waals surface area (Å²) >= 11 is 5.94. The van der Waals surface area contributed by atoms with Gasteiger partial charge in [-0.2, -0.15) is 0 Å². The second-order valence-electron chi connectivity index (χ2n) is 6.66. The summed E-state index contributed by atoms with van der Waals surface area (Å²) in [4.78, 5) is 26.8. The van der Waals surface area contributed by atoms with E-state index >= 15 is 0 Å². The van der Waals surface area contributed by atoms with Crippen molar-refractivity contribution in [3.63, 3.8) is 0 Å². The molecule has 0 unspecified atom stereocenters. The number of benzene rings is 1. The van der Waals surface area contributed by atoms with Crippen LogP contribution < -0.4 is 5.56 Å². The minimum atomic E-state index is -0.0640. The van der Waals surface area contributed by atoms with Crippen LogP contribution in [0.3, 0.4) is 0 Å². The smallest absolute Gasteiger partial charge is 0.255 e. The Kier molecular flexibility index (Phi) is 4.38. The number of hydrogen-bond donors (Lipinski definition) is 1. The summed E-state index contributed by atoms with van der Waals surface area (Å²) in [7, 11) is 2.02. The Balaban J connectivity index is 1.59. The summed E-state index contributed by atoms with van der Waals surface area (Å²) in [6, 6.07) is 7.33. The van der Waals surface area contributed by atoms with Crippen LogP contribution in [0.25, 0.3) is 11.4 Å². The molecule has 26 heavy (non-hydrogen) atoms. The summed E-state index contributed by atoms with van der Waals surface area (Å²) in [6.07, 6.45) is 2.66. The molecule has 0 fully saturated rings. The normalized spacial score (nSPS) is 14.4. The summed E-state index contributed by atoms with van der Waals surface area (Å²) < 4.78 is 2.08. The first-order chi connectivity index (χ1) is 12.5. The van der Waals surface area contributed by atoms with Gasteiger partial charge in [-0.05, 0) is 31.2 Å². The van der Waals surface area contributed by atoms with Gasteiger partial charge in [0.2, 0.25) is 0 Å². The third kappa shape index (κ3) is 3.18. The highest BCUT2D eigenvalue weighted by molar-refractivity contribution is 6.30. The topological polar surface area (TPSA) is 66.8 Å². The van der Waals surface area contributed by atoms with Crippen molar-refractivity contribution in [2.45, 2.75) is 26.4 Å². The summed E-state index contributed by atoms with van der Waals surface area (Å²) in [5, 5.41) is 0.662. The first-order valence-electron chi connectivity index (χ1n) is 8.59. The van der Waals surface area contributed by atoms with Gasteiger partial charge in [-0.15, -0.1) is 0 Å². The van der Waals surface area contributed by atoms with E-state index in [9.17, 15) is 4.79 Å². The van der Waals surface area contributed by atoms with Crippen molar-refractivity contribution < 1.29 is 0 Å². The van der Waals surface area contributed by atoms with Crippen LogP contribution >= 0.6 is 11.6 Å². The van der Waals surface area contributed by atoms with Crippen LogP contribution in [0.2, 0.25) is 5.02 Å². The van der Waals surface area contributed by atoms with E-state index in [1.807, 2.05) is 32.3 Å². The summed E-state index contributed by atoms with van der Waals surface area (Å²) in [6.45, 7) is 4.23. The van der Waals surface area contributed by atoms with Crippen molar-refractivity contribution >= 4 is 11.6 Å². The standard InChI is InChI=1S/C19H20ClN5O/c1-12-21-9-15(24(12)2)10-25-8-7-17-16(11-25)19(26)23-18(22-17)13-3-5-14(20)6-4-13/h3-6,9H,7-8,10-11H2,1-2H3,(H,22,23,26). The van der Waals surface area contributed by atoms with Gasteiger partial charge in [0.25, 0.3) is 5.56 Å². The molecule has 1 aliphatic rings. The number of H-pyrrole nitrogens is 1. The maximum absolute atomic E-state index is 12.6. The predicted octanol–water partition coefficient (Wildman–Crippen LogP) is 2.69. The van der Waals surface area contributed by atoms with E-state index in [0.717, 1.165) is 47.8 Å². The van der Waals surface area contributed by atoms with E-state index in [4.69, 9.17) is 16.6 Å². The molecule has 0 radical (unpaired) electrons. The van der Waals surface area contributed by atoms with Gasteiger partial charge in [0.15, 0.2) is 0 Å². The number of fused-ring (bicyclic) bond motifs is 1. The highest BCUT2D eigenvalue weighted by Gasteiger charge is 2.22. The number of nitrogens with one attached hydrogen (secondary N) is 1. The maximum Gasteiger partial charge on any atom is 0.255 e. The van der Waals surface area contributed by atoms with Crippen LogP contribution in [0.5, 0.6) is 0 Å². The molecule has 0 amide bonds. The van der Waals surface area contributed by atoms with E-state index in [1.54, 1.807) is 12.1 Å². The number of imidazole rings is 1. The molecule has 0 saturated heterocycles. The highest BCUT2D eigenvalue weighted by Crippen LogP contribution is 2.21. The van der Waals surface area contributed by atoms with E-state index in [1.165, 1.54) is 0 Å². The molecule has 1 aliphatic heterocycles. The van der Waals surface area contributed by atoms with Gasteiger partial charge in [-0.25, -0.2) is 9.97 Å². The molecular weight excluding hydrogens is 350 g/mol. The van der Waals surface area contributed by atoms with Crippen molar-refractivity contribution in [2.75, 3.05) is 6.54 Å². The zero-order chi connectivity index (χ0) is 18.3. The lowest BCUT2D eigenvalue weighted by Crippen LogP contribution is -2.35. The van der Waals surface area contributed by atoms with Crippen molar-refractivity contribution in [3.8, 4) is 11.4 Å². The quantitative estimate of drug-likeness (QED) is 0.770. The second kappa shape index (κ2) is 6.70. The van der Waals surface area contributed by atoms with E-state index < -0.39 is 0 Å². The minimum absolute atomic E-state index is 0.0640. The molecule has 0 atom stereocenters. The molecule has 2 aromatic heterocycles. The van der Waals surface area contributed by atoms with Crippen molar-refractivity contribution in [2.24, 2.45) is 7.05 Å². The number of nitrogens with zero attached hydrogens (tertiary/aromatic N) is 4. The molecule has 0 aliphatic carbocycles. The van der Waals surface area contributed by atoms with E-state index in [-0.39, 0.29) is 5.56 Å².